The number of amides is 2. The van der Waals surface area contributed by atoms with E-state index in [9.17, 15) is 19.5 Å². The fourth-order valence-electron chi connectivity index (χ4n) is 5.80. The van der Waals surface area contributed by atoms with Crippen LogP contribution in [0.5, 0.6) is 11.5 Å². The van der Waals surface area contributed by atoms with Crippen molar-refractivity contribution in [2.45, 2.75) is 51.1 Å². The molecule has 1 unspecified atom stereocenters. The van der Waals surface area contributed by atoms with Gasteiger partial charge in [-0.2, -0.15) is 4.68 Å². The van der Waals surface area contributed by atoms with E-state index in [1.165, 1.54) is 5.56 Å². The zero-order valence-corrected chi connectivity index (χ0v) is 27.5. The number of nitrogens with two attached hydrogens (primary N) is 1. The van der Waals surface area contributed by atoms with Gasteiger partial charge in [0.25, 0.3) is 11.5 Å². The fourth-order valence-corrected chi connectivity index (χ4v) is 5.80. The van der Waals surface area contributed by atoms with E-state index in [1.54, 1.807) is 30.3 Å². The first-order valence-electron chi connectivity index (χ1n) is 16.7. The Balaban J connectivity index is 0.898. The summed E-state index contributed by atoms with van der Waals surface area (Å²) in [5.74, 6) is -0.161. The molecule has 14 nitrogen and oxygen atoms in total. The minimum atomic E-state index is -0.862. The third kappa shape index (κ3) is 8.21. The molecule has 14 heteroatoms. The number of ether oxygens (including phenoxy) is 1. The minimum Gasteiger partial charge on any atom is -0.507 e. The fraction of sp³-hybridized carbons (Fsp3) is 0.306. The molecule has 5 aromatic rings. The topological polar surface area (TPSA) is 199 Å². The van der Waals surface area contributed by atoms with Gasteiger partial charge in [-0.25, -0.2) is 0 Å². The Morgan fingerprint density at radius 3 is 2.54 bits per heavy atom. The molecule has 0 saturated carbocycles. The van der Waals surface area contributed by atoms with E-state index in [0.29, 0.717) is 53.2 Å². The largest absolute Gasteiger partial charge is 0.507 e. The highest BCUT2D eigenvalue weighted by atomic mass is 16.5. The Morgan fingerprint density at radius 2 is 1.72 bits per heavy atom. The maximum absolute atomic E-state index is 13.3. The van der Waals surface area contributed by atoms with Crippen molar-refractivity contribution >= 4 is 34.2 Å². The van der Waals surface area contributed by atoms with Gasteiger partial charge in [-0.1, -0.05) is 54.1 Å². The highest BCUT2D eigenvalue weighted by molar-refractivity contribution is 5.99. The molecule has 0 spiro atoms. The number of nitrogens with zero attached hydrogens (tertiary/aromatic N) is 5. The zero-order chi connectivity index (χ0) is 34.9. The molecule has 0 aliphatic carbocycles. The lowest BCUT2D eigenvalue weighted by Gasteiger charge is -2.21. The Bertz CT molecular complexity index is 2030. The minimum absolute atomic E-state index is 0.110. The summed E-state index contributed by atoms with van der Waals surface area (Å²) in [4.78, 5) is 37.2. The number of imide groups is 1. The molecular formula is C36H39N9O5. The van der Waals surface area contributed by atoms with E-state index in [4.69, 9.17) is 10.5 Å². The van der Waals surface area contributed by atoms with Gasteiger partial charge in [0, 0.05) is 43.2 Å². The summed E-state index contributed by atoms with van der Waals surface area (Å²) in [5, 5.41) is 35.8. The molecular weight excluding hydrogens is 638 g/mol. The number of rotatable bonds is 15. The number of benzene rings is 3. The number of carbonyl (C=O) groups excluding carboxylic acids is 2. The molecule has 50 heavy (non-hydrogen) atoms. The average molecular weight is 678 g/mol. The quantitative estimate of drug-likeness (QED) is 0.0799. The molecule has 1 atom stereocenters. The highest BCUT2D eigenvalue weighted by Crippen LogP contribution is 2.30. The molecule has 6 N–H and O–H groups in total. The van der Waals surface area contributed by atoms with Crippen molar-refractivity contribution in [1.29, 1.82) is 0 Å². The van der Waals surface area contributed by atoms with Gasteiger partial charge in [0.05, 0.1) is 12.0 Å². The van der Waals surface area contributed by atoms with E-state index in [0.717, 1.165) is 42.6 Å². The van der Waals surface area contributed by atoms with Crippen LogP contribution < -0.4 is 32.0 Å². The van der Waals surface area contributed by atoms with Crippen LogP contribution in [0.15, 0.2) is 77.6 Å². The third-order valence-electron chi connectivity index (χ3n) is 8.53. The van der Waals surface area contributed by atoms with Crippen molar-refractivity contribution in [1.82, 2.24) is 35.8 Å². The molecule has 1 aliphatic rings. The van der Waals surface area contributed by atoms with Crippen LogP contribution in [0.2, 0.25) is 0 Å². The van der Waals surface area contributed by atoms with E-state index in [1.807, 2.05) is 18.2 Å². The summed E-state index contributed by atoms with van der Waals surface area (Å²) in [6.45, 7) is 2.73. The summed E-state index contributed by atoms with van der Waals surface area (Å²) < 4.78 is 6.99. The predicted molar refractivity (Wildman–Crippen MR) is 188 cm³/mol. The van der Waals surface area contributed by atoms with Gasteiger partial charge >= 0.3 is 0 Å². The first-order chi connectivity index (χ1) is 24.4. The lowest BCUT2D eigenvalue weighted by Crippen LogP contribution is -2.45. The van der Waals surface area contributed by atoms with Crippen LogP contribution in [0, 0.1) is 0 Å². The van der Waals surface area contributed by atoms with E-state index in [2.05, 4.69) is 60.7 Å². The molecule has 0 bridgehead atoms. The van der Waals surface area contributed by atoms with Crippen LogP contribution in [0.1, 0.15) is 49.3 Å². The van der Waals surface area contributed by atoms with E-state index >= 15 is 0 Å². The van der Waals surface area contributed by atoms with Crippen molar-refractivity contribution in [3.8, 4) is 22.8 Å². The van der Waals surface area contributed by atoms with Gasteiger partial charge in [0.2, 0.25) is 5.91 Å². The predicted octanol–water partition coefficient (Wildman–Crippen LogP) is 3.51. The number of anilines is 2. The molecule has 1 fully saturated rings. The molecule has 1 saturated heterocycles. The first-order valence-corrected chi connectivity index (χ1v) is 16.7. The van der Waals surface area contributed by atoms with E-state index in [-0.39, 0.29) is 30.3 Å². The number of hydrogen-bond donors (Lipinski definition) is 5. The van der Waals surface area contributed by atoms with Gasteiger partial charge in [0.15, 0.2) is 11.6 Å². The maximum atomic E-state index is 13.3. The number of aromatic nitrogens is 5. The monoisotopic (exact) mass is 677 g/mol. The van der Waals surface area contributed by atoms with Gasteiger partial charge in [-0.05, 0) is 61.2 Å². The lowest BCUT2D eigenvalue weighted by molar-refractivity contribution is -0.136. The molecule has 3 heterocycles. The standard InChI is InChI=1S/C36H39N9O5/c37-34-31(21-28(41-43-34)25-7-2-3-10-30(25)46)50-20-17-23-11-13-24(14-12-23)22-38-18-4-1-5-19-39-26-8-6-9-27-33(26)36(49)45(44-42-27)29-15-16-32(47)40-35(29)48/h2-3,6-14,21,29,38-39,46H,1,4-5,15-20,22H2,(H2,37,43)(H,40,47,48). The summed E-state index contributed by atoms with van der Waals surface area (Å²) >= 11 is 0. The molecule has 6 rings (SSSR count). The number of carbonyl (C=O) groups is 2. The van der Waals surface area contributed by atoms with Crippen LogP contribution in [0.4, 0.5) is 11.5 Å². The van der Waals surface area contributed by atoms with Gasteiger partial charge in [-0.15, -0.1) is 15.3 Å². The van der Waals surface area contributed by atoms with Crippen LogP contribution in [0.3, 0.4) is 0 Å². The highest BCUT2D eigenvalue weighted by Gasteiger charge is 2.30. The summed E-state index contributed by atoms with van der Waals surface area (Å²) in [6.07, 6.45) is 3.95. The van der Waals surface area contributed by atoms with Crippen LogP contribution in [0.25, 0.3) is 22.2 Å². The first kappa shape index (κ1) is 34.0. The number of fused-ring (bicyclic) bond motifs is 1. The van der Waals surface area contributed by atoms with Crippen molar-refractivity contribution in [3.05, 3.63) is 94.3 Å². The number of phenols is 1. The Hall–Kier alpha value is -5.89. The Labute approximate surface area is 288 Å². The zero-order valence-electron chi connectivity index (χ0n) is 27.5. The number of nitrogens with one attached hydrogen (secondary N) is 3. The maximum Gasteiger partial charge on any atom is 0.280 e. The van der Waals surface area contributed by atoms with Gasteiger partial charge in [-0.3, -0.25) is 19.7 Å². The average Bonchev–Trinajstić information content (AvgIpc) is 3.11. The smallest absolute Gasteiger partial charge is 0.280 e. The number of phenolic OH excluding ortho intramolecular Hbond substituents is 1. The number of piperidine rings is 1. The molecule has 2 aromatic heterocycles. The number of aromatic hydroxyl groups is 1. The van der Waals surface area contributed by atoms with Crippen LogP contribution in [-0.4, -0.2) is 61.8 Å². The molecule has 3 aromatic carbocycles. The van der Waals surface area contributed by atoms with Gasteiger partial charge < -0.3 is 26.2 Å². The molecule has 258 valence electrons. The lowest BCUT2D eigenvalue weighted by atomic mass is 10.1. The third-order valence-corrected chi connectivity index (χ3v) is 8.53. The second kappa shape index (κ2) is 16.0. The number of para-hydroxylation sites is 1. The Kier molecular flexibility index (Phi) is 10.9. The Morgan fingerprint density at radius 1 is 0.920 bits per heavy atom. The van der Waals surface area contributed by atoms with E-state index < -0.39 is 17.5 Å². The van der Waals surface area contributed by atoms with Crippen LogP contribution >= 0.6 is 0 Å². The number of unbranched alkanes of at least 4 members (excludes halogenated alkanes) is 2. The van der Waals surface area contributed by atoms with Crippen molar-refractivity contribution in [2.24, 2.45) is 0 Å². The second-order valence-corrected chi connectivity index (χ2v) is 12.1. The van der Waals surface area contributed by atoms with Crippen molar-refractivity contribution < 1.29 is 19.4 Å². The SMILES string of the molecule is Nc1nnc(-c2ccccc2O)cc1OCCc1ccc(CNCCCCCNc2cccc3nnn(C4CCC(=O)NC4=O)c(=O)c23)cc1. The normalized spacial score (nSPS) is 14.4. The summed E-state index contributed by atoms with van der Waals surface area (Å²) in [6, 6.07) is 21.5. The molecule has 1 aliphatic heterocycles. The molecule has 2 amide bonds. The van der Waals surface area contributed by atoms with Crippen molar-refractivity contribution in [2.75, 3.05) is 30.7 Å². The summed E-state index contributed by atoms with van der Waals surface area (Å²) in [5.41, 5.74) is 10.0. The number of nitrogen functional groups attached to an aromatic ring is 1. The van der Waals surface area contributed by atoms with Gasteiger partial charge in [0.1, 0.15) is 23.0 Å². The second-order valence-electron chi connectivity index (χ2n) is 12.1. The van der Waals surface area contributed by atoms with Crippen LogP contribution in [-0.2, 0) is 22.6 Å². The number of hydrogen-bond acceptors (Lipinski definition) is 12. The molecule has 0 radical (unpaired) electrons. The summed E-state index contributed by atoms with van der Waals surface area (Å²) in [7, 11) is 0. The van der Waals surface area contributed by atoms with Crippen molar-refractivity contribution in [3.63, 3.8) is 0 Å².